The van der Waals surface area contributed by atoms with E-state index in [1.54, 1.807) is 23.8 Å². The Labute approximate surface area is 165 Å². The van der Waals surface area contributed by atoms with E-state index < -0.39 is 10.0 Å². The van der Waals surface area contributed by atoms with E-state index in [-0.39, 0.29) is 24.0 Å². The van der Waals surface area contributed by atoms with Crippen LogP contribution >= 0.6 is 11.3 Å². The molecule has 0 saturated carbocycles. The molecule has 28 heavy (non-hydrogen) atoms. The van der Waals surface area contributed by atoms with Gasteiger partial charge < -0.3 is 15.7 Å². The molecule has 0 fully saturated rings. The zero-order valence-electron chi connectivity index (χ0n) is 14.5. The van der Waals surface area contributed by atoms with Crippen LogP contribution in [0.4, 0.5) is 11.4 Å². The number of benzene rings is 2. The first-order chi connectivity index (χ1) is 13.5. The lowest BCUT2D eigenvalue weighted by molar-refractivity contribution is -0.110. The van der Waals surface area contributed by atoms with Gasteiger partial charge in [-0.2, -0.15) is 0 Å². The maximum absolute atomic E-state index is 12.4. The summed E-state index contributed by atoms with van der Waals surface area (Å²) in [4.78, 5) is 16.8. The van der Waals surface area contributed by atoms with Crippen LogP contribution in [0.2, 0.25) is 0 Å². The van der Waals surface area contributed by atoms with Gasteiger partial charge in [0.15, 0.2) is 0 Å². The summed E-state index contributed by atoms with van der Waals surface area (Å²) in [5, 5.41) is 14.6. The number of hydrogen-bond acceptors (Lipinski definition) is 7. The SMILES string of the molecule is O=C1Nc2ccc3scnc3c2/C1=C/Nc1ccc(S(=O)(=O)NCCO)cc1. The van der Waals surface area contributed by atoms with Crippen molar-refractivity contribution in [2.75, 3.05) is 23.8 Å². The Morgan fingerprint density at radius 1 is 1.18 bits per heavy atom. The van der Waals surface area contributed by atoms with Crippen LogP contribution in [0.3, 0.4) is 0 Å². The summed E-state index contributed by atoms with van der Waals surface area (Å²) < 4.78 is 27.3. The predicted molar refractivity (Wildman–Crippen MR) is 109 cm³/mol. The third-order valence-corrected chi connectivity index (χ3v) is 6.49. The molecule has 0 aliphatic carbocycles. The van der Waals surface area contributed by atoms with Gasteiger partial charge in [0.05, 0.1) is 38.5 Å². The first kappa shape index (κ1) is 18.6. The second-order valence-corrected chi connectivity index (χ2v) is 8.64. The van der Waals surface area contributed by atoms with Crippen molar-refractivity contribution in [2.24, 2.45) is 0 Å². The van der Waals surface area contributed by atoms with Crippen LogP contribution in [0.25, 0.3) is 15.8 Å². The molecule has 1 aliphatic rings. The van der Waals surface area contributed by atoms with Gasteiger partial charge in [-0.3, -0.25) is 4.79 Å². The molecule has 0 spiro atoms. The lowest BCUT2D eigenvalue weighted by Gasteiger charge is -2.07. The first-order valence-electron chi connectivity index (χ1n) is 8.35. The quantitative estimate of drug-likeness (QED) is 0.456. The van der Waals surface area contributed by atoms with Gasteiger partial charge in [0.25, 0.3) is 5.91 Å². The Morgan fingerprint density at radius 3 is 2.71 bits per heavy atom. The minimum atomic E-state index is -3.66. The molecule has 2 aromatic carbocycles. The van der Waals surface area contributed by atoms with Gasteiger partial charge in [-0.15, -0.1) is 11.3 Å². The zero-order valence-corrected chi connectivity index (χ0v) is 16.1. The summed E-state index contributed by atoms with van der Waals surface area (Å²) in [6.07, 6.45) is 1.59. The molecule has 3 aromatic rings. The van der Waals surface area contributed by atoms with Crippen LogP contribution in [0.15, 0.2) is 53.0 Å². The predicted octanol–water partition coefficient (Wildman–Crippen LogP) is 1.97. The van der Waals surface area contributed by atoms with Crippen molar-refractivity contribution in [3.8, 4) is 0 Å². The van der Waals surface area contributed by atoms with Crippen LogP contribution in [0, 0.1) is 0 Å². The largest absolute Gasteiger partial charge is 0.395 e. The van der Waals surface area contributed by atoms with Crippen molar-refractivity contribution < 1.29 is 18.3 Å². The van der Waals surface area contributed by atoms with Gasteiger partial charge >= 0.3 is 0 Å². The number of rotatable bonds is 6. The van der Waals surface area contributed by atoms with E-state index in [1.165, 1.54) is 23.5 Å². The molecule has 0 bridgehead atoms. The van der Waals surface area contributed by atoms with E-state index in [0.29, 0.717) is 16.9 Å². The summed E-state index contributed by atoms with van der Waals surface area (Å²) >= 11 is 1.50. The monoisotopic (exact) mass is 416 g/mol. The Hall–Kier alpha value is -2.79. The van der Waals surface area contributed by atoms with Crippen molar-refractivity contribution in [1.82, 2.24) is 9.71 Å². The smallest absolute Gasteiger partial charge is 0.257 e. The molecule has 1 aromatic heterocycles. The maximum atomic E-state index is 12.4. The van der Waals surface area contributed by atoms with Gasteiger partial charge in [0.1, 0.15) is 0 Å². The standard InChI is InChI=1S/C18H16N4O4S2/c23-8-7-21-28(25,26)12-3-1-11(2-4-12)19-9-13-16-14(22-18(13)24)5-6-15-17(16)20-10-27-15/h1-6,9-10,19,21,23H,7-8H2,(H,22,24)/b13-9-. The highest BCUT2D eigenvalue weighted by Crippen LogP contribution is 2.38. The van der Waals surface area contributed by atoms with Crippen LogP contribution in [-0.2, 0) is 14.8 Å². The van der Waals surface area contributed by atoms with E-state index in [4.69, 9.17) is 5.11 Å². The van der Waals surface area contributed by atoms with Gasteiger partial charge in [0.2, 0.25) is 10.0 Å². The summed E-state index contributed by atoms with van der Waals surface area (Å²) in [7, 11) is -3.66. The van der Waals surface area contributed by atoms with Crippen molar-refractivity contribution >= 4 is 54.4 Å². The number of nitrogens with one attached hydrogen (secondary N) is 3. The summed E-state index contributed by atoms with van der Waals surface area (Å²) in [6.45, 7) is -0.323. The van der Waals surface area contributed by atoms with E-state index in [0.717, 1.165) is 15.8 Å². The molecular formula is C18H16N4O4S2. The van der Waals surface area contributed by atoms with Gasteiger partial charge in [-0.05, 0) is 36.4 Å². The molecule has 2 heterocycles. The van der Waals surface area contributed by atoms with E-state index >= 15 is 0 Å². The highest BCUT2D eigenvalue weighted by atomic mass is 32.2. The number of aliphatic hydroxyl groups is 1. The Bertz CT molecular complexity index is 1180. The molecule has 0 atom stereocenters. The minimum Gasteiger partial charge on any atom is -0.395 e. The van der Waals surface area contributed by atoms with E-state index in [1.807, 2.05) is 12.1 Å². The third-order valence-electron chi connectivity index (χ3n) is 4.22. The Balaban J connectivity index is 1.59. The number of aromatic nitrogens is 1. The van der Waals surface area contributed by atoms with Crippen LogP contribution in [0.5, 0.6) is 0 Å². The Kier molecular flexibility index (Phi) is 4.85. The van der Waals surface area contributed by atoms with E-state index in [2.05, 4.69) is 20.3 Å². The number of nitrogens with zero attached hydrogens (tertiary/aromatic N) is 1. The lowest BCUT2D eigenvalue weighted by Crippen LogP contribution is -2.26. The number of amides is 1. The number of carbonyl (C=O) groups is 1. The molecule has 1 amide bonds. The second-order valence-electron chi connectivity index (χ2n) is 5.99. The lowest BCUT2D eigenvalue weighted by atomic mass is 10.1. The number of fused-ring (bicyclic) bond motifs is 3. The van der Waals surface area contributed by atoms with Gasteiger partial charge in [-0.1, -0.05) is 0 Å². The van der Waals surface area contributed by atoms with Gasteiger partial charge in [0, 0.05) is 24.0 Å². The van der Waals surface area contributed by atoms with Crippen molar-refractivity contribution in [1.29, 1.82) is 0 Å². The number of anilines is 2. The number of hydrogen-bond donors (Lipinski definition) is 4. The van der Waals surface area contributed by atoms with Gasteiger partial charge in [-0.25, -0.2) is 18.1 Å². The molecule has 1 aliphatic heterocycles. The molecule has 0 unspecified atom stereocenters. The van der Waals surface area contributed by atoms with Crippen LogP contribution in [0.1, 0.15) is 5.56 Å². The first-order valence-corrected chi connectivity index (χ1v) is 10.7. The minimum absolute atomic E-state index is 0.0476. The normalized spacial score (nSPS) is 15.0. The highest BCUT2D eigenvalue weighted by Gasteiger charge is 2.27. The number of sulfonamides is 1. The molecule has 0 saturated heterocycles. The summed E-state index contributed by atoms with van der Waals surface area (Å²) in [6, 6.07) is 9.87. The van der Waals surface area contributed by atoms with E-state index in [9.17, 15) is 13.2 Å². The average molecular weight is 416 g/mol. The Morgan fingerprint density at radius 2 is 1.96 bits per heavy atom. The molecular weight excluding hydrogens is 400 g/mol. The molecule has 4 rings (SSSR count). The fraction of sp³-hybridized carbons (Fsp3) is 0.111. The fourth-order valence-electron chi connectivity index (χ4n) is 2.90. The van der Waals surface area contributed by atoms with Crippen molar-refractivity contribution in [3.63, 3.8) is 0 Å². The van der Waals surface area contributed by atoms with Crippen molar-refractivity contribution in [2.45, 2.75) is 4.90 Å². The molecule has 10 heteroatoms. The maximum Gasteiger partial charge on any atom is 0.257 e. The van der Waals surface area contributed by atoms with Crippen LogP contribution < -0.4 is 15.4 Å². The summed E-state index contributed by atoms with van der Waals surface area (Å²) in [5.74, 6) is -0.226. The summed E-state index contributed by atoms with van der Waals surface area (Å²) in [5.41, 5.74) is 5.07. The molecule has 8 nitrogen and oxygen atoms in total. The van der Waals surface area contributed by atoms with Crippen molar-refractivity contribution in [3.05, 3.63) is 53.7 Å². The fourth-order valence-corrected chi connectivity index (χ4v) is 4.60. The molecule has 144 valence electrons. The molecule has 0 radical (unpaired) electrons. The highest BCUT2D eigenvalue weighted by molar-refractivity contribution is 7.89. The molecule has 4 N–H and O–H groups in total. The number of aliphatic hydroxyl groups excluding tert-OH is 1. The topological polar surface area (TPSA) is 120 Å². The third kappa shape index (κ3) is 3.38. The van der Waals surface area contributed by atoms with Crippen LogP contribution in [-0.4, -0.2) is 37.6 Å². The second kappa shape index (κ2) is 7.32. The zero-order chi connectivity index (χ0) is 19.7. The number of carbonyl (C=O) groups excluding carboxylic acids is 1. The average Bonchev–Trinajstić information content (AvgIpc) is 3.28. The number of thiazole rings is 1.